The lowest BCUT2D eigenvalue weighted by Gasteiger charge is -2.15. The van der Waals surface area contributed by atoms with Crippen molar-refractivity contribution in [2.24, 2.45) is 5.73 Å². The molecule has 2 aromatic heterocycles. The van der Waals surface area contributed by atoms with Crippen molar-refractivity contribution in [1.29, 1.82) is 0 Å². The van der Waals surface area contributed by atoms with E-state index in [2.05, 4.69) is 0 Å². The SMILES string of the molecule is CCOc1cccc(COc2cc(OC(=O)N(C)C)cn3c2c(C(N)=O)c2ccccc23)c1. The molecule has 0 unspecified atom stereocenters. The van der Waals surface area contributed by atoms with E-state index in [-0.39, 0.29) is 12.4 Å². The zero-order valence-corrected chi connectivity index (χ0v) is 18.7. The Morgan fingerprint density at radius 2 is 1.79 bits per heavy atom. The Hall–Kier alpha value is -4.20. The molecular formula is C25H25N3O5. The number of carbonyl (C=O) groups is 2. The van der Waals surface area contributed by atoms with Crippen molar-refractivity contribution >= 4 is 28.4 Å². The van der Waals surface area contributed by atoms with Crippen molar-refractivity contribution < 1.29 is 23.8 Å². The molecule has 0 aliphatic carbocycles. The molecule has 0 saturated carbocycles. The molecule has 2 heterocycles. The summed E-state index contributed by atoms with van der Waals surface area (Å²) in [7, 11) is 3.19. The first-order chi connectivity index (χ1) is 15.9. The number of nitrogens with zero attached hydrogens (tertiary/aromatic N) is 2. The van der Waals surface area contributed by atoms with E-state index >= 15 is 0 Å². The van der Waals surface area contributed by atoms with Crippen LogP contribution in [0.25, 0.3) is 16.4 Å². The summed E-state index contributed by atoms with van der Waals surface area (Å²) >= 11 is 0. The predicted octanol–water partition coefficient (Wildman–Crippen LogP) is 4.23. The van der Waals surface area contributed by atoms with Crippen molar-refractivity contribution in [2.45, 2.75) is 13.5 Å². The molecule has 0 aliphatic heterocycles. The molecule has 4 rings (SSSR count). The standard InChI is InChI=1S/C25H25N3O5/c1-4-31-17-9-7-8-16(12-17)15-32-21-13-18(33-25(30)27(2)3)14-28-20-11-6-5-10-19(20)22(23(21)28)24(26)29/h5-14H,4,15H2,1-3H3,(H2,26,29). The number of carbonyl (C=O) groups excluding carboxylic acids is 2. The van der Waals surface area contributed by atoms with E-state index in [1.807, 2.05) is 55.5 Å². The average Bonchev–Trinajstić information content (AvgIpc) is 3.13. The molecule has 0 aliphatic rings. The van der Waals surface area contributed by atoms with Crippen LogP contribution < -0.4 is 19.9 Å². The van der Waals surface area contributed by atoms with Crippen LogP contribution in [0.3, 0.4) is 0 Å². The summed E-state index contributed by atoms with van der Waals surface area (Å²) in [6, 6.07) is 16.5. The molecule has 2 amide bonds. The summed E-state index contributed by atoms with van der Waals surface area (Å²) in [6.07, 6.45) is 1.12. The second kappa shape index (κ2) is 9.12. The smallest absolute Gasteiger partial charge is 0.414 e. The van der Waals surface area contributed by atoms with E-state index in [4.69, 9.17) is 19.9 Å². The zero-order valence-electron chi connectivity index (χ0n) is 18.7. The van der Waals surface area contributed by atoms with Gasteiger partial charge in [0.15, 0.2) is 5.75 Å². The molecule has 8 heteroatoms. The van der Waals surface area contributed by atoms with Gasteiger partial charge in [0, 0.05) is 25.5 Å². The highest BCUT2D eigenvalue weighted by molar-refractivity contribution is 6.14. The van der Waals surface area contributed by atoms with Gasteiger partial charge >= 0.3 is 6.09 Å². The predicted molar refractivity (Wildman–Crippen MR) is 125 cm³/mol. The maximum atomic E-state index is 12.4. The van der Waals surface area contributed by atoms with Gasteiger partial charge in [-0.1, -0.05) is 30.3 Å². The number of aromatic nitrogens is 1. The van der Waals surface area contributed by atoms with Gasteiger partial charge in [-0.3, -0.25) is 4.79 Å². The molecule has 4 aromatic rings. The fraction of sp³-hybridized carbons (Fsp3) is 0.200. The van der Waals surface area contributed by atoms with E-state index < -0.39 is 12.0 Å². The van der Waals surface area contributed by atoms with Gasteiger partial charge in [0.2, 0.25) is 0 Å². The number of nitrogens with two attached hydrogens (primary N) is 1. The third-order valence-electron chi connectivity index (χ3n) is 5.09. The molecule has 170 valence electrons. The highest BCUT2D eigenvalue weighted by Crippen LogP contribution is 2.36. The van der Waals surface area contributed by atoms with Crippen molar-refractivity contribution in [3.63, 3.8) is 0 Å². The number of pyridine rings is 1. The Balaban J connectivity index is 1.84. The number of fused-ring (bicyclic) bond motifs is 3. The highest BCUT2D eigenvalue weighted by atomic mass is 16.6. The lowest BCUT2D eigenvalue weighted by atomic mass is 10.1. The van der Waals surface area contributed by atoms with E-state index in [1.165, 1.54) is 4.90 Å². The fourth-order valence-corrected chi connectivity index (χ4v) is 3.66. The molecule has 0 fully saturated rings. The van der Waals surface area contributed by atoms with Crippen molar-refractivity contribution in [2.75, 3.05) is 20.7 Å². The van der Waals surface area contributed by atoms with Gasteiger partial charge in [-0.25, -0.2) is 4.79 Å². The van der Waals surface area contributed by atoms with Crippen molar-refractivity contribution in [3.8, 4) is 17.2 Å². The number of rotatable bonds is 7. The molecule has 8 nitrogen and oxygen atoms in total. The second-order valence-electron chi connectivity index (χ2n) is 7.65. The maximum absolute atomic E-state index is 12.4. The molecule has 2 N–H and O–H groups in total. The largest absolute Gasteiger partial charge is 0.494 e. The van der Waals surface area contributed by atoms with Gasteiger partial charge < -0.3 is 29.2 Å². The highest BCUT2D eigenvalue weighted by Gasteiger charge is 2.22. The molecule has 0 bridgehead atoms. The van der Waals surface area contributed by atoms with E-state index in [9.17, 15) is 9.59 Å². The molecule has 0 atom stereocenters. The summed E-state index contributed by atoms with van der Waals surface area (Å²) in [4.78, 5) is 25.9. The molecule has 0 spiro atoms. The van der Waals surface area contributed by atoms with Crippen molar-refractivity contribution in [3.05, 3.63) is 71.9 Å². The van der Waals surface area contributed by atoms with Crippen LogP contribution in [0, 0.1) is 0 Å². The molecule has 2 aromatic carbocycles. The first-order valence-electron chi connectivity index (χ1n) is 10.5. The minimum atomic E-state index is -0.574. The first kappa shape index (κ1) is 22.0. The summed E-state index contributed by atoms with van der Waals surface area (Å²) in [5.41, 5.74) is 8.24. The van der Waals surface area contributed by atoms with Gasteiger partial charge in [-0.05, 0) is 30.7 Å². The zero-order chi connectivity index (χ0) is 23.5. The normalized spacial score (nSPS) is 10.9. The van der Waals surface area contributed by atoms with Crippen LogP contribution >= 0.6 is 0 Å². The minimum absolute atomic E-state index is 0.210. The Morgan fingerprint density at radius 1 is 1.00 bits per heavy atom. The second-order valence-corrected chi connectivity index (χ2v) is 7.65. The van der Waals surface area contributed by atoms with Gasteiger partial charge in [-0.15, -0.1) is 0 Å². The van der Waals surface area contributed by atoms with Gasteiger partial charge in [-0.2, -0.15) is 0 Å². The Kier molecular flexibility index (Phi) is 6.08. The Bertz CT molecular complexity index is 1340. The van der Waals surface area contributed by atoms with Gasteiger partial charge in [0.25, 0.3) is 5.91 Å². The number of para-hydroxylation sites is 1. The van der Waals surface area contributed by atoms with Gasteiger partial charge in [0.1, 0.15) is 23.6 Å². The third kappa shape index (κ3) is 4.41. The number of ether oxygens (including phenoxy) is 3. The maximum Gasteiger partial charge on any atom is 0.414 e. The topological polar surface area (TPSA) is 95.5 Å². The fourth-order valence-electron chi connectivity index (χ4n) is 3.66. The number of hydrogen-bond donors (Lipinski definition) is 1. The average molecular weight is 447 g/mol. The summed E-state index contributed by atoms with van der Waals surface area (Å²) in [5.74, 6) is 0.806. The quantitative estimate of drug-likeness (QED) is 0.457. The first-order valence-corrected chi connectivity index (χ1v) is 10.5. The molecule has 0 saturated heterocycles. The van der Waals surface area contributed by atoms with Crippen LogP contribution in [0.1, 0.15) is 22.8 Å². The lowest BCUT2D eigenvalue weighted by molar-refractivity contribution is 0.100. The number of benzene rings is 2. The molecular weight excluding hydrogens is 422 g/mol. The van der Waals surface area contributed by atoms with E-state index in [0.717, 1.165) is 16.8 Å². The Labute approximate surface area is 191 Å². The number of primary amides is 1. The van der Waals surface area contributed by atoms with Crippen LogP contribution in [0.4, 0.5) is 4.79 Å². The van der Waals surface area contributed by atoms with E-state index in [0.29, 0.717) is 28.8 Å². The number of hydrogen-bond acceptors (Lipinski definition) is 5. The summed E-state index contributed by atoms with van der Waals surface area (Å²) in [6.45, 7) is 2.69. The summed E-state index contributed by atoms with van der Waals surface area (Å²) in [5, 5.41) is 0.685. The van der Waals surface area contributed by atoms with E-state index in [1.54, 1.807) is 30.8 Å². The van der Waals surface area contributed by atoms with Crippen LogP contribution in [-0.4, -0.2) is 42.0 Å². The molecule has 0 radical (unpaired) electrons. The van der Waals surface area contributed by atoms with Gasteiger partial charge in [0.05, 0.1) is 23.9 Å². The molecule has 33 heavy (non-hydrogen) atoms. The van der Waals surface area contributed by atoms with Crippen LogP contribution in [-0.2, 0) is 6.61 Å². The number of amides is 2. The minimum Gasteiger partial charge on any atom is -0.494 e. The third-order valence-corrected chi connectivity index (χ3v) is 5.09. The Morgan fingerprint density at radius 3 is 2.52 bits per heavy atom. The van der Waals surface area contributed by atoms with Crippen LogP contribution in [0.5, 0.6) is 17.2 Å². The van der Waals surface area contributed by atoms with Crippen LogP contribution in [0.2, 0.25) is 0 Å². The summed E-state index contributed by atoms with van der Waals surface area (Å²) < 4.78 is 19.0. The monoisotopic (exact) mass is 447 g/mol. The van der Waals surface area contributed by atoms with Crippen LogP contribution in [0.15, 0.2) is 60.8 Å². The van der Waals surface area contributed by atoms with Crippen molar-refractivity contribution in [1.82, 2.24) is 9.30 Å². The lowest BCUT2D eigenvalue weighted by Crippen LogP contribution is -2.25.